The molecule has 6 rings (SSSR count). The minimum atomic E-state index is -3.95. The number of nitrogens with zero attached hydrogens (tertiary/aromatic N) is 5. The fourth-order valence-electron chi connectivity index (χ4n) is 4.51. The van der Waals surface area contributed by atoms with E-state index in [-0.39, 0.29) is 45.4 Å². The number of nitrogens with two attached hydrogens (primary N) is 1. The van der Waals surface area contributed by atoms with Gasteiger partial charge in [0.05, 0.1) is 29.2 Å². The van der Waals surface area contributed by atoms with Crippen molar-refractivity contribution in [2.45, 2.75) is 36.5 Å². The van der Waals surface area contributed by atoms with Crippen molar-refractivity contribution in [1.82, 2.24) is 29.7 Å². The van der Waals surface area contributed by atoms with Gasteiger partial charge in [0, 0.05) is 21.8 Å². The van der Waals surface area contributed by atoms with Crippen molar-refractivity contribution in [3.05, 3.63) is 42.4 Å². The molecule has 4 N–H and O–H groups in total. The van der Waals surface area contributed by atoms with E-state index in [0.29, 0.717) is 19.3 Å². The molecule has 11 heteroatoms. The van der Waals surface area contributed by atoms with Crippen molar-refractivity contribution in [1.29, 1.82) is 0 Å². The smallest absolute Gasteiger partial charge is 0.241 e. The maximum atomic E-state index is 13.1. The molecule has 0 atom stereocenters. The average Bonchev–Trinajstić information content (AvgIpc) is 3.23. The lowest BCUT2D eigenvalue weighted by Gasteiger charge is -2.69. The summed E-state index contributed by atoms with van der Waals surface area (Å²) in [6.07, 6.45) is 5.88. The van der Waals surface area contributed by atoms with E-state index in [4.69, 9.17) is 9.85 Å². The Balaban J connectivity index is 1.56. The van der Waals surface area contributed by atoms with Crippen LogP contribution in [0.2, 0.25) is 0 Å². The molecule has 3 aliphatic carbocycles. The van der Waals surface area contributed by atoms with E-state index in [9.17, 15) is 13.5 Å². The first-order chi connectivity index (χ1) is 15.5. The first-order valence-corrected chi connectivity index (χ1v) is 10.7. The molecule has 30 heavy (non-hydrogen) atoms. The van der Waals surface area contributed by atoms with Gasteiger partial charge in [-0.2, -0.15) is 10.2 Å². The van der Waals surface area contributed by atoms with Gasteiger partial charge in [0.1, 0.15) is 0 Å². The maximum Gasteiger partial charge on any atom is 0.241 e. The Morgan fingerprint density at radius 3 is 2.70 bits per heavy atom. The third-order valence-corrected chi connectivity index (χ3v) is 7.37. The number of aryl methyl sites for hydroxylation is 1. The monoisotopic (exact) mass is 430 g/mol. The van der Waals surface area contributed by atoms with Gasteiger partial charge < -0.3 is 10.8 Å². The number of aliphatic hydroxyl groups is 1. The molecule has 2 heterocycles. The fourth-order valence-corrected chi connectivity index (χ4v) is 5.94. The van der Waals surface area contributed by atoms with Crippen LogP contribution in [0.3, 0.4) is 0 Å². The van der Waals surface area contributed by atoms with Crippen LogP contribution < -0.4 is 10.5 Å². The van der Waals surface area contributed by atoms with Gasteiger partial charge in [-0.25, -0.2) is 23.1 Å². The molecule has 1 aromatic carbocycles. The highest BCUT2D eigenvalue weighted by Crippen LogP contribution is 2.67. The Morgan fingerprint density at radius 1 is 1.30 bits per heavy atom. The molecule has 10 nitrogen and oxygen atoms in total. The van der Waals surface area contributed by atoms with Crippen LogP contribution in [0.4, 0.5) is 5.82 Å². The molecule has 0 unspecified atom stereocenters. The van der Waals surface area contributed by atoms with Gasteiger partial charge in [-0.3, -0.25) is 0 Å². The van der Waals surface area contributed by atoms with E-state index in [1.54, 1.807) is 0 Å². The summed E-state index contributed by atoms with van der Waals surface area (Å²) < 4.78 is 52.7. The van der Waals surface area contributed by atoms with Gasteiger partial charge >= 0.3 is 0 Å². The highest BCUT2D eigenvalue weighted by Gasteiger charge is 2.68. The van der Waals surface area contributed by atoms with E-state index < -0.39 is 22.4 Å². The Hall–Kier alpha value is -2.89. The zero-order chi connectivity index (χ0) is 23.6. The van der Waals surface area contributed by atoms with E-state index in [0.717, 1.165) is 4.80 Å². The normalized spacial score (nSPS) is 26.8. The topological polar surface area (TPSA) is 149 Å². The number of anilines is 1. The van der Waals surface area contributed by atoms with Crippen LogP contribution in [0.15, 0.2) is 41.7 Å². The standard InChI is InChI=1S/C19H21N7O3S/c1-12-2-3-13(30(28,29)25-19-8-18(9-19,10-19)11-27)6-14(12)15-7-21-16(20)17(24-15)26-22-4-5-23-26/h2-7,25,27H,8-11H2,1H3,(H2,20,21)/i1D3. The van der Waals surface area contributed by atoms with Crippen molar-refractivity contribution in [2.24, 2.45) is 5.41 Å². The number of aliphatic hydroxyl groups excluding tert-OH is 1. The Bertz CT molecular complexity index is 1320. The van der Waals surface area contributed by atoms with Crippen molar-refractivity contribution in [2.75, 3.05) is 12.3 Å². The summed E-state index contributed by atoms with van der Waals surface area (Å²) in [5.74, 6) is 0.112. The summed E-state index contributed by atoms with van der Waals surface area (Å²) in [7, 11) is -3.95. The predicted octanol–water partition coefficient (Wildman–Crippen LogP) is 0.808. The number of rotatable bonds is 6. The van der Waals surface area contributed by atoms with Crippen molar-refractivity contribution >= 4 is 15.8 Å². The maximum absolute atomic E-state index is 13.1. The molecule has 0 radical (unpaired) electrons. The summed E-state index contributed by atoms with van der Waals surface area (Å²) in [5, 5.41) is 17.4. The van der Waals surface area contributed by atoms with Crippen molar-refractivity contribution in [3.63, 3.8) is 0 Å². The van der Waals surface area contributed by atoms with Crippen LogP contribution in [0.5, 0.6) is 0 Å². The largest absolute Gasteiger partial charge is 0.396 e. The quantitative estimate of drug-likeness (QED) is 0.520. The van der Waals surface area contributed by atoms with Gasteiger partial charge in [-0.05, 0) is 49.2 Å². The molecule has 2 aromatic heterocycles. The highest BCUT2D eigenvalue weighted by atomic mass is 32.2. The van der Waals surface area contributed by atoms with Crippen LogP contribution in [0.25, 0.3) is 17.1 Å². The second-order valence-electron chi connectivity index (χ2n) is 8.06. The van der Waals surface area contributed by atoms with E-state index >= 15 is 0 Å². The van der Waals surface area contributed by atoms with E-state index in [1.165, 1.54) is 36.8 Å². The molecule has 0 saturated heterocycles. The number of hydrogen-bond acceptors (Lipinski definition) is 8. The summed E-state index contributed by atoms with van der Waals surface area (Å²) in [6, 6.07) is 3.80. The number of benzene rings is 1. The third-order valence-electron chi connectivity index (χ3n) is 5.79. The summed E-state index contributed by atoms with van der Waals surface area (Å²) >= 11 is 0. The molecule has 2 bridgehead atoms. The van der Waals surface area contributed by atoms with Gasteiger partial charge in [-0.1, -0.05) is 6.07 Å². The lowest BCUT2D eigenvalue weighted by Crippen LogP contribution is -2.75. The number of nitrogens with one attached hydrogen (secondary N) is 1. The van der Waals surface area contributed by atoms with Crippen molar-refractivity contribution in [3.8, 4) is 17.1 Å². The zero-order valence-corrected chi connectivity index (χ0v) is 16.6. The summed E-state index contributed by atoms with van der Waals surface area (Å²) in [6.45, 7) is -2.49. The van der Waals surface area contributed by atoms with Gasteiger partial charge in [0.15, 0.2) is 5.82 Å². The lowest BCUT2D eigenvalue weighted by molar-refractivity contribution is -0.167. The Morgan fingerprint density at radius 2 is 2.03 bits per heavy atom. The summed E-state index contributed by atoms with van der Waals surface area (Å²) in [5.41, 5.74) is 5.29. The number of aromatic nitrogens is 5. The zero-order valence-electron chi connectivity index (χ0n) is 18.8. The second-order valence-corrected chi connectivity index (χ2v) is 9.75. The molecule has 3 saturated carbocycles. The van der Waals surface area contributed by atoms with Crippen LogP contribution in [-0.4, -0.2) is 50.6 Å². The number of hydrogen-bond donors (Lipinski definition) is 3. The first-order valence-electron chi connectivity index (χ1n) is 10.8. The molecule has 0 amide bonds. The lowest BCUT2D eigenvalue weighted by atomic mass is 9.40. The van der Waals surface area contributed by atoms with E-state index in [1.807, 2.05) is 0 Å². The van der Waals surface area contributed by atoms with Crippen LogP contribution in [0, 0.1) is 12.3 Å². The number of nitrogen functional groups attached to an aromatic ring is 1. The molecule has 3 aromatic rings. The molecule has 3 fully saturated rings. The molecular formula is C19H21N7O3S. The van der Waals surface area contributed by atoms with Gasteiger partial charge in [-0.15, -0.1) is 4.80 Å². The first kappa shape index (κ1) is 15.9. The third kappa shape index (κ3) is 2.89. The number of sulfonamides is 1. The van der Waals surface area contributed by atoms with E-state index in [2.05, 4.69) is 24.9 Å². The SMILES string of the molecule is [2H]C([2H])([2H])c1ccc(S(=O)(=O)NC23CC(CO)(C2)C3)cc1-c1cnc(N)c(-n2nccn2)n1. The van der Waals surface area contributed by atoms with Crippen LogP contribution >= 0.6 is 0 Å². The van der Waals surface area contributed by atoms with Gasteiger partial charge in [0.25, 0.3) is 0 Å². The molecule has 3 aliphatic rings. The van der Waals surface area contributed by atoms with Gasteiger partial charge in [0.2, 0.25) is 15.8 Å². The van der Waals surface area contributed by atoms with Crippen LogP contribution in [0.1, 0.15) is 28.9 Å². The molecular weight excluding hydrogens is 406 g/mol. The fraction of sp³-hybridized carbons (Fsp3) is 0.368. The highest BCUT2D eigenvalue weighted by molar-refractivity contribution is 7.89. The minimum absolute atomic E-state index is 0.0252. The predicted molar refractivity (Wildman–Crippen MR) is 108 cm³/mol. The second kappa shape index (κ2) is 6.30. The summed E-state index contributed by atoms with van der Waals surface area (Å²) in [4.78, 5) is 9.49. The Kier molecular flexibility index (Phi) is 3.34. The van der Waals surface area contributed by atoms with Crippen LogP contribution in [-0.2, 0) is 10.0 Å². The molecule has 156 valence electrons. The average molecular weight is 431 g/mol. The molecule has 0 aliphatic heterocycles. The Labute approximate surface area is 177 Å². The molecule has 0 spiro atoms. The van der Waals surface area contributed by atoms with Crippen molar-refractivity contribution < 1.29 is 17.6 Å². The minimum Gasteiger partial charge on any atom is -0.396 e.